The number of rotatable bonds is 7. The van der Waals surface area contributed by atoms with Crippen LogP contribution < -0.4 is 10.0 Å². The lowest BCUT2D eigenvalue weighted by atomic mass is 10.2. The van der Waals surface area contributed by atoms with Gasteiger partial charge >= 0.3 is 0 Å². The third kappa shape index (κ3) is 5.05. The molecule has 0 saturated heterocycles. The topological polar surface area (TPSA) is 99.1 Å². The van der Waals surface area contributed by atoms with Gasteiger partial charge in [-0.05, 0) is 42.8 Å². The van der Waals surface area contributed by atoms with Gasteiger partial charge in [0, 0.05) is 17.8 Å². The van der Waals surface area contributed by atoms with Crippen molar-refractivity contribution in [2.45, 2.75) is 24.7 Å². The number of hydrogen-bond donors (Lipinski definition) is 2. The van der Waals surface area contributed by atoms with E-state index in [-0.39, 0.29) is 15.5 Å². The normalized spacial score (nSPS) is 11.0. The first-order valence-corrected chi connectivity index (χ1v) is 9.84. The second-order valence-corrected chi connectivity index (χ2v) is 7.71. The summed E-state index contributed by atoms with van der Waals surface area (Å²) in [5.41, 5.74) is 0.910. The maximum absolute atomic E-state index is 12.4. The van der Waals surface area contributed by atoms with Crippen molar-refractivity contribution >= 4 is 33.2 Å². The molecule has 0 unspecified atom stereocenters. The molecule has 2 aromatic carbocycles. The molecular weight excluding hydrogens is 374 g/mol. The smallest absolute Gasteiger partial charge is 0.255 e. The van der Waals surface area contributed by atoms with E-state index in [1.54, 1.807) is 6.07 Å². The van der Waals surface area contributed by atoms with E-state index >= 15 is 0 Å². The van der Waals surface area contributed by atoms with E-state index in [1.807, 2.05) is 13.0 Å². The Balaban J connectivity index is 2.18. The van der Waals surface area contributed by atoms with E-state index in [4.69, 9.17) is 16.9 Å². The van der Waals surface area contributed by atoms with E-state index in [1.165, 1.54) is 36.4 Å². The predicted molar refractivity (Wildman–Crippen MR) is 101 cm³/mol. The molecule has 0 atom stereocenters. The molecule has 0 aromatic heterocycles. The Hall–Kier alpha value is -2.40. The highest BCUT2D eigenvalue weighted by molar-refractivity contribution is 7.89. The van der Waals surface area contributed by atoms with Crippen LogP contribution in [0.3, 0.4) is 0 Å². The molecule has 0 spiro atoms. The predicted octanol–water partition coefficient (Wildman–Crippen LogP) is 3.54. The van der Waals surface area contributed by atoms with Gasteiger partial charge in [0.15, 0.2) is 0 Å². The van der Waals surface area contributed by atoms with Gasteiger partial charge in [0.25, 0.3) is 5.91 Å². The van der Waals surface area contributed by atoms with Crippen LogP contribution in [0.15, 0.2) is 47.4 Å². The van der Waals surface area contributed by atoms with Gasteiger partial charge in [0.2, 0.25) is 10.0 Å². The van der Waals surface area contributed by atoms with Gasteiger partial charge in [-0.1, -0.05) is 31.0 Å². The Kier molecular flexibility index (Phi) is 6.75. The second kappa shape index (κ2) is 8.81. The molecule has 0 aliphatic rings. The summed E-state index contributed by atoms with van der Waals surface area (Å²) in [6, 6.07) is 12.2. The summed E-state index contributed by atoms with van der Waals surface area (Å²) < 4.78 is 27.0. The highest BCUT2D eigenvalue weighted by atomic mass is 35.5. The standard InChI is InChI=1S/C18H18ClN3O3S/c1-2-3-9-21-26(24,25)16-6-4-5-13(10-16)18(23)22-15-8-7-14(12-20)17(19)11-15/h4-8,10-11,21H,2-3,9H2,1H3,(H,22,23). The molecule has 0 bridgehead atoms. The monoisotopic (exact) mass is 391 g/mol. The molecule has 2 aromatic rings. The van der Waals surface area contributed by atoms with Crippen LogP contribution in [0.4, 0.5) is 5.69 Å². The number of anilines is 1. The number of halogens is 1. The number of sulfonamides is 1. The number of nitrogens with one attached hydrogen (secondary N) is 2. The van der Waals surface area contributed by atoms with Gasteiger partial charge in [0.05, 0.1) is 15.5 Å². The number of nitrogens with zero attached hydrogens (tertiary/aromatic N) is 1. The van der Waals surface area contributed by atoms with Crippen LogP contribution in [-0.2, 0) is 10.0 Å². The third-order valence-corrected chi connectivity index (χ3v) is 5.35. The first-order valence-electron chi connectivity index (χ1n) is 7.98. The van der Waals surface area contributed by atoms with Crippen LogP contribution in [-0.4, -0.2) is 20.9 Å². The molecule has 1 amide bonds. The summed E-state index contributed by atoms with van der Waals surface area (Å²) in [4.78, 5) is 12.4. The zero-order valence-electron chi connectivity index (χ0n) is 14.1. The van der Waals surface area contributed by atoms with Gasteiger partial charge in [0.1, 0.15) is 6.07 Å². The third-order valence-electron chi connectivity index (χ3n) is 3.58. The molecule has 0 aliphatic carbocycles. The number of nitriles is 1. The quantitative estimate of drug-likeness (QED) is 0.705. The highest BCUT2D eigenvalue weighted by Gasteiger charge is 2.16. The molecule has 0 heterocycles. The second-order valence-electron chi connectivity index (χ2n) is 5.54. The number of carbonyl (C=O) groups is 1. The summed E-state index contributed by atoms with van der Waals surface area (Å²) in [7, 11) is -3.66. The number of carbonyl (C=O) groups excluding carboxylic acids is 1. The van der Waals surface area contributed by atoms with E-state index in [0.29, 0.717) is 17.8 Å². The first-order chi connectivity index (χ1) is 12.4. The van der Waals surface area contributed by atoms with Gasteiger partial charge < -0.3 is 5.32 Å². The molecule has 0 radical (unpaired) electrons. The van der Waals surface area contributed by atoms with Crippen molar-refractivity contribution in [1.82, 2.24) is 4.72 Å². The number of hydrogen-bond acceptors (Lipinski definition) is 4. The van der Waals surface area contributed by atoms with Crippen molar-refractivity contribution in [3.05, 3.63) is 58.6 Å². The van der Waals surface area contributed by atoms with Crippen molar-refractivity contribution in [3.8, 4) is 6.07 Å². The summed E-state index contributed by atoms with van der Waals surface area (Å²) in [6.07, 6.45) is 1.61. The Morgan fingerprint density at radius 3 is 2.65 bits per heavy atom. The maximum Gasteiger partial charge on any atom is 0.255 e. The summed E-state index contributed by atoms with van der Waals surface area (Å²) in [6.45, 7) is 2.31. The van der Waals surface area contributed by atoms with Gasteiger partial charge in [-0.3, -0.25) is 4.79 Å². The zero-order chi connectivity index (χ0) is 19.2. The fourth-order valence-electron chi connectivity index (χ4n) is 2.16. The average molecular weight is 392 g/mol. The van der Waals surface area contributed by atoms with Crippen LogP contribution in [0, 0.1) is 11.3 Å². The largest absolute Gasteiger partial charge is 0.322 e. The fourth-order valence-corrected chi connectivity index (χ4v) is 3.50. The van der Waals surface area contributed by atoms with E-state index in [0.717, 1.165) is 12.8 Å². The maximum atomic E-state index is 12.4. The Labute approximate surface area is 157 Å². The fraction of sp³-hybridized carbons (Fsp3) is 0.222. The number of unbranched alkanes of at least 4 members (excludes halogenated alkanes) is 1. The van der Waals surface area contributed by atoms with E-state index in [2.05, 4.69) is 10.0 Å². The molecule has 8 heteroatoms. The van der Waals surface area contributed by atoms with Gasteiger partial charge in [-0.15, -0.1) is 0 Å². The van der Waals surface area contributed by atoms with Crippen LogP contribution in [0.1, 0.15) is 35.7 Å². The minimum Gasteiger partial charge on any atom is -0.322 e. The van der Waals surface area contributed by atoms with E-state index in [9.17, 15) is 13.2 Å². The van der Waals surface area contributed by atoms with Crippen molar-refractivity contribution in [1.29, 1.82) is 5.26 Å². The van der Waals surface area contributed by atoms with Crippen molar-refractivity contribution in [3.63, 3.8) is 0 Å². The molecule has 2 N–H and O–H groups in total. The zero-order valence-corrected chi connectivity index (χ0v) is 15.7. The first kappa shape index (κ1) is 19.9. The summed E-state index contributed by atoms with van der Waals surface area (Å²) in [5.74, 6) is -0.476. The number of amides is 1. The molecule has 26 heavy (non-hydrogen) atoms. The van der Waals surface area contributed by atoms with Crippen LogP contribution in [0.2, 0.25) is 5.02 Å². The summed E-state index contributed by atoms with van der Waals surface area (Å²) >= 11 is 5.94. The SMILES string of the molecule is CCCCNS(=O)(=O)c1cccc(C(=O)Nc2ccc(C#N)c(Cl)c2)c1. The molecule has 6 nitrogen and oxygen atoms in total. The summed E-state index contributed by atoms with van der Waals surface area (Å²) in [5, 5.41) is 11.7. The van der Waals surface area contributed by atoms with Crippen LogP contribution in [0.5, 0.6) is 0 Å². The lowest BCUT2D eigenvalue weighted by molar-refractivity contribution is 0.102. The molecular formula is C18H18ClN3O3S. The van der Waals surface area contributed by atoms with Gasteiger partial charge in [-0.2, -0.15) is 5.26 Å². The molecule has 2 rings (SSSR count). The van der Waals surface area contributed by atoms with Crippen molar-refractivity contribution < 1.29 is 13.2 Å². The molecule has 136 valence electrons. The Morgan fingerprint density at radius 2 is 2.00 bits per heavy atom. The van der Waals surface area contributed by atoms with E-state index < -0.39 is 15.9 Å². The van der Waals surface area contributed by atoms with Crippen molar-refractivity contribution in [2.75, 3.05) is 11.9 Å². The van der Waals surface area contributed by atoms with Gasteiger partial charge in [-0.25, -0.2) is 13.1 Å². The lowest BCUT2D eigenvalue weighted by Crippen LogP contribution is -2.25. The lowest BCUT2D eigenvalue weighted by Gasteiger charge is -2.09. The minimum atomic E-state index is -3.66. The molecule has 0 saturated carbocycles. The number of benzene rings is 2. The Bertz CT molecular complexity index is 952. The minimum absolute atomic E-state index is 0.0270. The molecule has 0 aliphatic heterocycles. The van der Waals surface area contributed by atoms with Crippen molar-refractivity contribution in [2.24, 2.45) is 0 Å². The van der Waals surface area contributed by atoms with Crippen LogP contribution in [0.25, 0.3) is 0 Å². The highest BCUT2D eigenvalue weighted by Crippen LogP contribution is 2.21. The molecule has 0 fully saturated rings. The average Bonchev–Trinajstić information content (AvgIpc) is 2.62. The van der Waals surface area contributed by atoms with Crippen LogP contribution >= 0.6 is 11.6 Å². The Morgan fingerprint density at radius 1 is 1.23 bits per heavy atom.